The topological polar surface area (TPSA) is 138 Å². The van der Waals surface area contributed by atoms with Crippen molar-refractivity contribution in [2.45, 2.75) is 28.7 Å². The average molecular weight is 328 g/mol. The second-order valence-electron chi connectivity index (χ2n) is 4.57. The Kier molecular flexibility index (Phi) is 3.63. The first-order chi connectivity index (χ1) is 10.0. The fourth-order valence-corrected chi connectivity index (χ4v) is 4.64. The van der Waals surface area contributed by atoms with E-state index in [-0.39, 0.29) is 22.2 Å². The van der Waals surface area contributed by atoms with Crippen LogP contribution in [0.15, 0.2) is 16.4 Å². The molecule has 2 aliphatic heterocycles. The summed E-state index contributed by atoms with van der Waals surface area (Å²) in [5.74, 6) is -0.953. The number of thioether (sulfide) groups is 2. The first-order valence-corrected chi connectivity index (χ1v) is 8.00. The van der Waals surface area contributed by atoms with Gasteiger partial charge in [-0.15, -0.1) is 22.0 Å². The molecule has 1 aromatic rings. The van der Waals surface area contributed by atoms with Crippen molar-refractivity contribution in [1.29, 1.82) is 0 Å². The van der Waals surface area contributed by atoms with Crippen LogP contribution in [-0.2, 0) is 9.59 Å². The van der Waals surface area contributed by atoms with Crippen LogP contribution < -0.4 is 5.73 Å². The zero-order valence-corrected chi connectivity index (χ0v) is 12.5. The molecule has 1 saturated heterocycles. The number of nitrogens with zero attached hydrogens (tertiary/aromatic N) is 4. The van der Waals surface area contributed by atoms with Gasteiger partial charge in [-0.05, 0) is 17.7 Å². The van der Waals surface area contributed by atoms with Crippen molar-refractivity contribution in [3.8, 4) is 0 Å². The summed E-state index contributed by atoms with van der Waals surface area (Å²) in [4.78, 5) is 24.7. The van der Waals surface area contributed by atoms with Crippen molar-refractivity contribution in [2.24, 2.45) is 5.73 Å². The van der Waals surface area contributed by atoms with E-state index in [1.807, 2.05) is 6.92 Å². The van der Waals surface area contributed by atoms with E-state index in [2.05, 4.69) is 20.6 Å². The maximum absolute atomic E-state index is 11.8. The van der Waals surface area contributed by atoms with Gasteiger partial charge in [-0.2, -0.15) is 5.21 Å². The number of aliphatic carboxylic acids is 1. The lowest BCUT2D eigenvalue weighted by Gasteiger charge is -2.48. The molecule has 0 saturated carbocycles. The number of carbonyl (C=O) groups excluding carboxylic acids is 1. The van der Waals surface area contributed by atoms with Gasteiger partial charge in [-0.25, -0.2) is 4.79 Å². The zero-order chi connectivity index (χ0) is 15.1. The molecule has 0 bridgehead atoms. The number of hydrogen-bond donors (Lipinski definition) is 3. The summed E-state index contributed by atoms with van der Waals surface area (Å²) in [7, 11) is 0. The number of β-lactam (4-membered cyclic amide) rings is 1. The Labute approximate surface area is 127 Å². The minimum Gasteiger partial charge on any atom is -0.477 e. The number of rotatable bonds is 4. The molecule has 0 radical (unpaired) electrons. The predicted octanol–water partition coefficient (Wildman–Crippen LogP) is -0.739. The van der Waals surface area contributed by atoms with Gasteiger partial charge >= 0.3 is 5.97 Å². The fourth-order valence-electron chi connectivity index (χ4n) is 2.28. The van der Waals surface area contributed by atoms with Crippen LogP contribution in [0.5, 0.6) is 0 Å². The lowest BCUT2D eigenvalue weighted by Crippen LogP contribution is -2.68. The second-order valence-corrected chi connectivity index (χ2v) is 6.98. The molecule has 0 spiro atoms. The van der Waals surface area contributed by atoms with Gasteiger partial charge in [0.05, 0.1) is 0 Å². The number of nitrogens with two attached hydrogens (primary N) is 1. The Bertz CT molecular complexity index is 618. The first kappa shape index (κ1) is 14.4. The van der Waals surface area contributed by atoms with E-state index in [9.17, 15) is 14.7 Å². The number of fused-ring (bicyclic) bond motifs is 1. The molecule has 0 aromatic carbocycles. The molecule has 1 unspecified atom stereocenters. The van der Waals surface area contributed by atoms with Crippen molar-refractivity contribution < 1.29 is 14.7 Å². The Morgan fingerprint density at radius 2 is 2.43 bits per heavy atom. The molecule has 1 fully saturated rings. The molecule has 3 heterocycles. The van der Waals surface area contributed by atoms with E-state index in [1.165, 1.54) is 28.4 Å². The Balaban J connectivity index is 1.90. The minimum absolute atomic E-state index is 0.0361. The predicted molar refractivity (Wildman–Crippen MR) is 75.2 cm³/mol. The van der Waals surface area contributed by atoms with Gasteiger partial charge in [0.25, 0.3) is 0 Å². The van der Waals surface area contributed by atoms with Gasteiger partial charge in [-0.1, -0.05) is 11.8 Å². The van der Waals surface area contributed by atoms with E-state index in [0.717, 1.165) is 0 Å². The molecule has 21 heavy (non-hydrogen) atoms. The van der Waals surface area contributed by atoms with Gasteiger partial charge in [0, 0.05) is 11.0 Å². The normalized spacial score (nSPS) is 26.4. The van der Waals surface area contributed by atoms with Crippen molar-refractivity contribution in [3.05, 3.63) is 11.3 Å². The van der Waals surface area contributed by atoms with Crippen LogP contribution in [0.4, 0.5) is 0 Å². The fraction of sp³-hybridized carbons (Fsp3) is 0.500. The summed E-state index contributed by atoms with van der Waals surface area (Å²) < 4.78 is 0. The number of aromatic nitrogens is 4. The quantitative estimate of drug-likeness (QED) is 0.482. The van der Waals surface area contributed by atoms with E-state index >= 15 is 0 Å². The summed E-state index contributed by atoms with van der Waals surface area (Å²) in [5, 5.41) is 22.9. The van der Waals surface area contributed by atoms with E-state index < -0.39 is 12.0 Å². The number of hydrogen-bond acceptors (Lipinski definition) is 8. The monoisotopic (exact) mass is 328 g/mol. The first-order valence-electron chi connectivity index (χ1n) is 6.07. The SMILES string of the molecule is CC(Sc1nn[nH]n1)C1=C(C(=O)O)N2C(=O)[C@@H](N)[C@H]2SC1. The number of carbonyl (C=O) groups is 2. The van der Waals surface area contributed by atoms with Gasteiger partial charge in [0.15, 0.2) is 0 Å². The largest absolute Gasteiger partial charge is 0.477 e. The highest BCUT2D eigenvalue weighted by atomic mass is 32.2. The molecule has 112 valence electrons. The van der Waals surface area contributed by atoms with Gasteiger partial charge in [0.1, 0.15) is 17.1 Å². The third kappa shape index (κ3) is 2.30. The van der Waals surface area contributed by atoms with Crippen LogP contribution in [0.1, 0.15) is 6.92 Å². The third-order valence-corrected chi connectivity index (χ3v) is 5.69. The highest BCUT2D eigenvalue weighted by Gasteiger charge is 2.52. The highest BCUT2D eigenvalue weighted by molar-refractivity contribution is 8.01. The molecule has 11 heteroatoms. The van der Waals surface area contributed by atoms with Crippen LogP contribution in [0.25, 0.3) is 0 Å². The number of carboxylic acids is 1. The number of H-pyrrole nitrogens is 1. The number of amides is 1. The summed E-state index contributed by atoms with van der Waals surface area (Å²) in [6, 6.07) is -0.619. The molecule has 1 amide bonds. The standard InChI is InChI=1S/C10H12N6O3S2/c1-3(21-10-12-14-15-13-10)4-2-20-8-5(11)7(17)16(8)6(4)9(18)19/h3,5,8H,2,11H2,1H3,(H,18,19)(H,12,13,14,15)/t3?,5-,8-/m1/s1. The molecular formula is C10H12N6O3S2. The Hall–Kier alpha value is -1.59. The summed E-state index contributed by atoms with van der Waals surface area (Å²) in [6.45, 7) is 1.85. The van der Waals surface area contributed by atoms with Crippen LogP contribution >= 0.6 is 23.5 Å². The molecule has 9 nitrogen and oxygen atoms in total. The molecule has 3 atom stereocenters. The molecule has 0 aliphatic carbocycles. The lowest BCUT2D eigenvalue weighted by molar-refractivity contribution is -0.148. The highest BCUT2D eigenvalue weighted by Crippen LogP contribution is 2.42. The average Bonchev–Trinajstić information content (AvgIpc) is 2.97. The van der Waals surface area contributed by atoms with E-state index in [4.69, 9.17) is 5.73 Å². The van der Waals surface area contributed by atoms with Crippen molar-refractivity contribution in [3.63, 3.8) is 0 Å². The smallest absolute Gasteiger partial charge is 0.352 e. The zero-order valence-electron chi connectivity index (χ0n) is 10.9. The second kappa shape index (κ2) is 5.31. The molecule has 4 N–H and O–H groups in total. The summed E-state index contributed by atoms with van der Waals surface area (Å²) >= 11 is 2.76. The van der Waals surface area contributed by atoms with Gasteiger partial charge < -0.3 is 10.8 Å². The molecule has 3 rings (SSSR count). The lowest BCUT2D eigenvalue weighted by atomic mass is 10.0. The van der Waals surface area contributed by atoms with Gasteiger partial charge in [-0.3, -0.25) is 9.69 Å². The summed E-state index contributed by atoms with van der Waals surface area (Å²) in [5.41, 5.74) is 6.41. The van der Waals surface area contributed by atoms with E-state index in [1.54, 1.807) is 0 Å². The molecular weight excluding hydrogens is 316 g/mol. The maximum atomic E-state index is 11.8. The van der Waals surface area contributed by atoms with Crippen LogP contribution in [0, 0.1) is 0 Å². The number of carboxylic acid groups (broad SMARTS) is 1. The van der Waals surface area contributed by atoms with Crippen molar-refractivity contribution >= 4 is 35.4 Å². The number of tetrazole rings is 1. The molecule has 1 aromatic heterocycles. The van der Waals surface area contributed by atoms with Crippen molar-refractivity contribution in [2.75, 3.05) is 5.75 Å². The van der Waals surface area contributed by atoms with Crippen LogP contribution in [0.2, 0.25) is 0 Å². The van der Waals surface area contributed by atoms with Gasteiger partial charge in [0.2, 0.25) is 11.1 Å². The summed E-state index contributed by atoms with van der Waals surface area (Å²) in [6.07, 6.45) is 0. The number of aromatic amines is 1. The Morgan fingerprint density at radius 1 is 1.67 bits per heavy atom. The van der Waals surface area contributed by atoms with Crippen LogP contribution in [0.3, 0.4) is 0 Å². The van der Waals surface area contributed by atoms with Crippen molar-refractivity contribution in [1.82, 2.24) is 25.5 Å². The maximum Gasteiger partial charge on any atom is 0.352 e. The van der Waals surface area contributed by atoms with E-state index in [0.29, 0.717) is 16.5 Å². The minimum atomic E-state index is -1.11. The Morgan fingerprint density at radius 3 is 3.05 bits per heavy atom. The number of nitrogens with one attached hydrogen (secondary N) is 1. The van der Waals surface area contributed by atoms with Crippen LogP contribution in [-0.4, -0.2) is 64.9 Å². The molecule has 2 aliphatic rings. The third-order valence-electron chi connectivity index (χ3n) is 3.34.